The van der Waals surface area contributed by atoms with Crippen LogP contribution in [-0.2, 0) is 21.3 Å². The molecule has 3 heteroatoms. The van der Waals surface area contributed by atoms with Crippen molar-refractivity contribution in [3.63, 3.8) is 0 Å². The van der Waals surface area contributed by atoms with Gasteiger partial charge in [0.05, 0.1) is 0 Å². The molecule has 0 N–H and O–H groups in total. The average molecular weight is 396 g/mol. The quantitative estimate of drug-likeness (QED) is 0.145. The van der Waals surface area contributed by atoms with Crippen LogP contribution in [0.4, 0.5) is 0 Å². The van der Waals surface area contributed by atoms with Crippen LogP contribution in [0.25, 0.3) is 0 Å². The van der Waals surface area contributed by atoms with E-state index in [2.05, 4.69) is 19.1 Å². The van der Waals surface area contributed by atoms with Gasteiger partial charge in [-0.1, -0.05) is 96.1 Å². The molecule has 0 aromatic heterocycles. The summed E-state index contributed by atoms with van der Waals surface area (Å²) >= 11 is 0. The zero-order valence-corrected chi connectivity index (χ0v) is 17.5. The van der Waals surface area contributed by atoms with E-state index >= 15 is 0 Å². The molecule has 0 saturated carbocycles. The Morgan fingerprint density at radius 3 is 1.40 bits per heavy atom. The van der Waals surface area contributed by atoms with Crippen molar-refractivity contribution in [2.45, 2.75) is 122 Å². The number of carboxylic acid groups (broad SMARTS) is 1. The fraction of sp³-hybridized carbons (Fsp3) is 0.864. The number of carbonyl (C=O) groups excluding carboxylic acids is 1. The number of rotatable bonds is 19. The largest absolute Gasteiger partial charge is 0.550 e. The molecule has 0 fully saturated rings. The summed E-state index contributed by atoms with van der Waals surface area (Å²) in [5.41, 5.74) is 0. The zero-order chi connectivity index (χ0) is 17.7. The molecule has 2 nitrogen and oxygen atoms in total. The maximum Gasteiger partial charge on any atom is 0.0414 e. The van der Waals surface area contributed by atoms with E-state index in [1.54, 1.807) is 0 Å². The van der Waals surface area contributed by atoms with E-state index in [9.17, 15) is 9.90 Å². The summed E-state index contributed by atoms with van der Waals surface area (Å²) in [6.07, 6.45) is 26.8. The number of carboxylic acids is 1. The molecule has 0 radical (unpaired) electrons. The first-order valence-corrected chi connectivity index (χ1v) is 10.6. The third kappa shape index (κ3) is 26.0. The second-order valence-electron chi connectivity index (χ2n) is 7.12. The second kappa shape index (κ2) is 23.7. The number of unbranched alkanes of at least 4 members (excludes halogenated alkanes) is 15. The Hall–Kier alpha value is -0.296. The molecule has 0 aromatic rings. The molecule has 0 aromatic carbocycles. The molecule has 0 aliphatic rings. The van der Waals surface area contributed by atoms with E-state index in [1.807, 2.05) is 0 Å². The van der Waals surface area contributed by atoms with Gasteiger partial charge < -0.3 is 9.90 Å². The number of carbonyl (C=O) groups is 1. The SMILES string of the molecule is CCCCCCCC/C=C\CCCCCCCCCCCC(=O)[O-].[Ni]. The molecular formula is C22H41NiO2-. The third-order valence-electron chi connectivity index (χ3n) is 4.64. The summed E-state index contributed by atoms with van der Waals surface area (Å²) in [7, 11) is 0. The van der Waals surface area contributed by atoms with Crippen molar-refractivity contribution in [1.29, 1.82) is 0 Å². The van der Waals surface area contributed by atoms with E-state index in [-0.39, 0.29) is 22.9 Å². The van der Waals surface area contributed by atoms with Gasteiger partial charge in [-0.3, -0.25) is 0 Å². The molecule has 0 aliphatic heterocycles. The maximum atomic E-state index is 10.3. The minimum atomic E-state index is -0.906. The topological polar surface area (TPSA) is 40.1 Å². The van der Waals surface area contributed by atoms with Crippen LogP contribution in [-0.4, -0.2) is 5.97 Å². The summed E-state index contributed by atoms with van der Waals surface area (Å²) in [4.78, 5) is 10.3. The number of hydrogen-bond acceptors (Lipinski definition) is 2. The Morgan fingerprint density at radius 1 is 0.640 bits per heavy atom. The molecule has 25 heavy (non-hydrogen) atoms. The van der Waals surface area contributed by atoms with Crippen LogP contribution in [0.2, 0.25) is 0 Å². The molecule has 0 unspecified atom stereocenters. The Kier molecular flexibility index (Phi) is 25.5. The predicted octanol–water partition coefficient (Wildman–Crippen LogP) is 6.33. The van der Waals surface area contributed by atoms with Gasteiger partial charge in [-0.2, -0.15) is 0 Å². The van der Waals surface area contributed by atoms with E-state index in [1.165, 1.54) is 96.3 Å². The summed E-state index contributed by atoms with van der Waals surface area (Å²) in [6, 6.07) is 0. The van der Waals surface area contributed by atoms with E-state index in [4.69, 9.17) is 0 Å². The molecule has 152 valence electrons. The van der Waals surface area contributed by atoms with Gasteiger partial charge in [0.1, 0.15) is 0 Å². The molecule has 0 saturated heterocycles. The van der Waals surface area contributed by atoms with Crippen molar-refractivity contribution < 1.29 is 26.4 Å². The molecule has 0 atom stereocenters. The van der Waals surface area contributed by atoms with Gasteiger partial charge in [0, 0.05) is 22.5 Å². The van der Waals surface area contributed by atoms with Crippen molar-refractivity contribution in [2.24, 2.45) is 0 Å². The van der Waals surface area contributed by atoms with Crippen LogP contribution in [0, 0.1) is 0 Å². The van der Waals surface area contributed by atoms with Crippen molar-refractivity contribution in [3.05, 3.63) is 12.2 Å². The van der Waals surface area contributed by atoms with Gasteiger partial charge in [-0.15, -0.1) is 0 Å². The molecule has 0 heterocycles. The Balaban J connectivity index is 0. The number of aliphatic carboxylic acids is 1. The monoisotopic (exact) mass is 395 g/mol. The zero-order valence-electron chi connectivity index (χ0n) is 16.5. The Labute approximate surface area is 167 Å². The van der Waals surface area contributed by atoms with Crippen molar-refractivity contribution in [2.75, 3.05) is 0 Å². The smallest absolute Gasteiger partial charge is 0.0414 e. The number of hydrogen-bond donors (Lipinski definition) is 0. The predicted molar refractivity (Wildman–Crippen MR) is 103 cm³/mol. The minimum absolute atomic E-state index is 0. The molecule has 0 aliphatic carbocycles. The van der Waals surface area contributed by atoms with Crippen LogP contribution >= 0.6 is 0 Å². The van der Waals surface area contributed by atoms with Crippen molar-refractivity contribution in [1.82, 2.24) is 0 Å². The third-order valence-corrected chi connectivity index (χ3v) is 4.64. The van der Waals surface area contributed by atoms with E-state index in [0.717, 1.165) is 12.8 Å². The van der Waals surface area contributed by atoms with Crippen molar-refractivity contribution >= 4 is 5.97 Å². The summed E-state index contributed by atoms with van der Waals surface area (Å²) < 4.78 is 0. The van der Waals surface area contributed by atoms with Crippen LogP contribution in [0.5, 0.6) is 0 Å². The molecule has 0 bridgehead atoms. The summed E-state index contributed by atoms with van der Waals surface area (Å²) in [5, 5.41) is 10.3. The first kappa shape index (κ1) is 26.9. The normalized spacial score (nSPS) is 10.9. The average Bonchev–Trinajstić information content (AvgIpc) is 2.56. The van der Waals surface area contributed by atoms with Crippen LogP contribution < -0.4 is 5.11 Å². The minimum Gasteiger partial charge on any atom is -0.550 e. The van der Waals surface area contributed by atoms with Gasteiger partial charge in [0.2, 0.25) is 0 Å². The van der Waals surface area contributed by atoms with Crippen molar-refractivity contribution in [3.8, 4) is 0 Å². The van der Waals surface area contributed by atoms with Gasteiger partial charge >= 0.3 is 0 Å². The van der Waals surface area contributed by atoms with E-state index in [0.29, 0.717) is 0 Å². The molecule has 0 spiro atoms. The van der Waals surface area contributed by atoms with Gasteiger partial charge in [-0.25, -0.2) is 0 Å². The molecule has 0 amide bonds. The van der Waals surface area contributed by atoms with Crippen LogP contribution in [0.15, 0.2) is 12.2 Å². The summed E-state index contributed by atoms with van der Waals surface area (Å²) in [6.45, 7) is 2.27. The fourth-order valence-corrected chi connectivity index (χ4v) is 3.05. The Morgan fingerprint density at radius 2 is 1.00 bits per heavy atom. The van der Waals surface area contributed by atoms with E-state index < -0.39 is 5.97 Å². The Bertz CT molecular complexity index is 290. The van der Waals surface area contributed by atoms with Gasteiger partial charge in [-0.05, 0) is 38.5 Å². The second-order valence-corrected chi connectivity index (χ2v) is 7.12. The van der Waals surface area contributed by atoms with Gasteiger partial charge in [0.25, 0.3) is 0 Å². The van der Waals surface area contributed by atoms with Crippen LogP contribution in [0.3, 0.4) is 0 Å². The molecular weight excluding hydrogens is 355 g/mol. The fourth-order valence-electron chi connectivity index (χ4n) is 3.05. The standard InChI is InChI=1S/C22H42O2.Ni/c1-2-3-4-5-6-7-8-9-10-11-12-13-14-15-16-17-18-19-20-21-22(23)24;/h9-10H,2-8,11-21H2,1H3,(H,23,24);/p-1/b10-9-;. The van der Waals surface area contributed by atoms with Gasteiger partial charge in [0.15, 0.2) is 0 Å². The first-order valence-electron chi connectivity index (χ1n) is 10.6. The number of allylic oxidation sites excluding steroid dienone is 2. The summed E-state index contributed by atoms with van der Waals surface area (Å²) in [5.74, 6) is -0.906. The maximum absolute atomic E-state index is 10.3. The molecule has 0 rings (SSSR count). The van der Waals surface area contributed by atoms with Crippen LogP contribution in [0.1, 0.15) is 122 Å². The first-order chi connectivity index (χ1) is 11.8.